The number of amides is 1. The molecule has 0 aromatic carbocycles. The van der Waals surface area contributed by atoms with E-state index in [1.807, 2.05) is 0 Å². The Morgan fingerprint density at radius 3 is 2.82 bits per heavy atom. The molecule has 0 bridgehead atoms. The molecule has 2 fully saturated rings. The van der Waals surface area contributed by atoms with Crippen LogP contribution in [0.4, 0.5) is 4.39 Å². The van der Waals surface area contributed by atoms with E-state index in [2.05, 4.69) is 5.32 Å². The first-order valence-corrected chi connectivity index (χ1v) is 4.23. The molecule has 1 amide bonds. The third kappa shape index (κ3) is 1.03. The summed E-state index contributed by atoms with van der Waals surface area (Å²) in [5.41, 5.74) is 0. The fourth-order valence-corrected chi connectivity index (χ4v) is 2.15. The molecule has 1 aliphatic carbocycles. The molecule has 0 radical (unpaired) electrons. The van der Waals surface area contributed by atoms with Crippen molar-refractivity contribution in [1.82, 2.24) is 5.32 Å². The predicted molar refractivity (Wildman–Crippen MR) is 38.8 cm³/mol. The highest BCUT2D eigenvalue weighted by atomic mass is 19.1. The van der Waals surface area contributed by atoms with Crippen LogP contribution in [0.3, 0.4) is 0 Å². The molecule has 0 aromatic heterocycles. The molecule has 1 saturated carbocycles. The SMILES string of the molecule is O=C1N[C@@H]2CCCC[C@H]2[C@H]1F. The van der Waals surface area contributed by atoms with Crippen molar-refractivity contribution in [2.24, 2.45) is 5.92 Å². The standard InChI is InChI=1S/C8H12FNO/c9-7-5-3-1-2-4-6(5)10-8(7)11/h5-7H,1-4H2,(H,10,11)/t5-,6-,7-/m1/s1. The minimum atomic E-state index is -1.22. The van der Waals surface area contributed by atoms with Gasteiger partial charge in [-0.3, -0.25) is 4.79 Å². The van der Waals surface area contributed by atoms with Crippen LogP contribution >= 0.6 is 0 Å². The molecule has 62 valence electrons. The number of hydrogen-bond donors (Lipinski definition) is 1. The summed E-state index contributed by atoms with van der Waals surface area (Å²) in [4.78, 5) is 10.9. The van der Waals surface area contributed by atoms with Crippen molar-refractivity contribution < 1.29 is 9.18 Å². The van der Waals surface area contributed by atoms with Gasteiger partial charge in [0.05, 0.1) is 0 Å². The smallest absolute Gasteiger partial charge is 0.255 e. The van der Waals surface area contributed by atoms with E-state index in [1.165, 1.54) is 0 Å². The zero-order valence-electron chi connectivity index (χ0n) is 6.35. The fraction of sp³-hybridized carbons (Fsp3) is 0.875. The summed E-state index contributed by atoms with van der Waals surface area (Å²) in [5, 5.41) is 2.69. The summed E-state index contributed by atoms with van der Waals surface area (Å²) in [5.74, 6) is -0.404. The molecule has 1 saturated heterocycles. The maximum Gasteiger partial charge on any atom is 0.255 e. The van der Waals surface area contributed by atoms with E-state index in [0.29, 0.717) is 0 Å². The van der Waals surface area contributed by atoms with Gasteiger partial charge < -0.3 is 5.32 Å². The van der Waals surface area contributed by atoms with Crippen LogP contribution in [-0.2, 0) is 4.79 Å². The quantitative estimate of drug-likeness (QED) is 0.558. The summed E-state index contributed by atoms with van der Waals surface area (Å²) in [6.45, 7) is 0. The van der Waals surface area contributed by atoms with Gasteiger partial charge >= 0.3 is 0 Å². The molecule has 11 heavy (non-hydrogen) atoms. The van der Waals surface area contributed by atoms with Gasteiger partial charge in [-0.2, -0.15) is 0 Å². The van der Waals surface area contributed by atoms with Gasteiger partial charge in [0.25, 0.3) is 5.91 Å². The van der Waals surface area contributed by atoms with Crippen LogP contribution in [0.25, 0.3) is 0 Å². The van der Waals surface area contributed by atoms with Gasteiger partial charge in [-0.15, -0.1) is 0 Å². The molecule has 0 spiro atoms. The minimum Gasteiger partial charge on any atom is -0.350 e. The van der Waals surface area contributed by atoms with Gasteiger partial charge in [0.1, 0.15) is 0 Å². The third-order valence-electron chi connectivity index (χ3n) is 2.77. The van der Waals surface area contributed by atoms with E-state index < -0.39 is 6.17 Å². The normalized spacial score (nSPS) is 43.4. The van der Waals surface area contributed by atoms with Crippen molar-refractivity contribution in [2.45, 2.75) is 37.9 Å². The Kier molecular flexibility index (Phi) is 1.59. The van der Waals surface area contributed by atoms with Crippen molar-refractivity contribution >= 4 is 5.91 Å². The molecular formula is C8H12FNO. The van der Waals surface area contributed by atoms with E-state index >= 15 is 0 Å². The van der Waals surface area contributed by atoms with Gasteiger partial charge in [-0.25, -0.2) is 4.39 Å². The Labute approximate surface area is 65.2 Å². The molecule has 2 rings (SSSR count). The van der Waals surface area contributed by atoms with Gasteiger partial charge in [0.15, 0.2) is 6.17 Å². The van der Waals surface area contributed by atoms with Crippen molar-refractivity contribution in [1.29, 1.82) is 0 Å². The van der Waals surface area contributed by atoms with E-state index in [9.17, 15) is 9.18 Å². The average Bonchev–Trinajstić information content (AvgIpc) is 2.30. The van der Waals surface area contributed by atoms with Crippen LogP contribution < -0.4 is 5.32 Å². The second kappa shape index (κ2) is 2.47. The van der Waals surface area contributed by atoms with Crippen LogP contribution in [0.5, 0.6) is 0 Å². The number of nitrogens with one attached hydrogen (secondary N) is 1. The first-order chi connectivity index (χ1) is 5.29. The number of alkyl halides is 1. The Bertz CT molecular complexity index is 183. The number of hydrogen-bond acceptors (Lipinski definition) is 1. The predicted octanol–water partition coefficient (Wildman–Crippen LogP) is 1.01. The Hall–Kier alpha value is -0.600. The topological polar surface area (TPSA) is 29.1 Å². The summed E-state index contributed by atoms with van der Waals surface area (Å²) in [6.07, 6.45) is 2.84. The number of halogens is 1. The van der Waals surface area contributed by atoms with Crippen LogP contribution in [0.15, 0.2) is 0 Å². The summed E-state index contributed by atoms with van der Waals surface area (Å²) < 4.78 is 13.0. The van der Waals surface area contributed by atoms with Crippen LogP contribution in [0.2, 0.25) is 0 Å². The molecule has 1 N–H and O–H groups in total. The van der Waals surface area contributed by atoms with Crippen LogP contribution in [0, 0.1) is 5.92 Å². The van der Waals surface area contributed by atoms with Crippen molar-refractivity contribution in [3.63, 3.8) is 0 Å². The van der Waals surface area contributed by atoms with Gasteiger partial charge in [0, 0.05) is 12.0 Å². The second-order valence-corrected chi connectivity index (χ2v) is 3.47. The number of carbonyl (C=O) groups is 1. The van der Waals surface area contributed by atoms with Gasteiger partial charge in [0.2, 0.25) is 0 Å². The molecule has 3 heteroatoms. The lowest BCUT2D eigenvalue weighted by Gasteiger charge is -2.24. The van der Waals surface area contributed by atoms with E-state index in [0.717, 1.165) is 25.7 Å². The highest BCUT2D eigenvalue weighted by Gasteiger charge is 2.43. The Balaban J connectivity index is 2.11. The number of rotatable bonds is 0. The summed E-state index contributed by atoms with van der Waals surface area (Å²) in [6, 6.07) is 0.145. The maximum atomic E-state index is 13.0. The highest BCUT2D eigenvalue weighted by molar-refractivity contribution is 5.83. The fourth-order valence-electron chi connectivity index (χ4n) is 2.15. The Morgan fingerprint density at radius 2 is 2.09 bits per heavy atom. The maximum absolute atomic E-state index is 13.0. The highest BCUT2D eigenvalue weighted by Crippen LogP contribution is 2.32. The number of carbonyl (C=O) groups excluding carboxylic acids is 1. The molecule has 2 nitrogen and oxygen atoms in total. The lowest BCUT2D eigenvalue weighted by molar-refractivity contribution is -0.123. The molecule has 0 unspecified atom stereocenters. The van der Waals surface area contributed by atoms with Gasteiger partial charge in [-0.1, -0.05) is 12.8 Å². The molecule has 0 aromatic rings. The largest absolute Gasteiger partial charge is 0.350 e. The lowest BCUT2D eigenvalue weighted by Crippen LogP contribution is -2.31. The van der Waals surface area contributed by atoms with Crippen LogP contribution in [-0.4, -0.2) is 18.1 Å². The molecule has 1 heterocycles. The molecule has 3 atom stereocenters. The Morgan fingerprint density at radius 1 is 1.36 bits per heavy atom. The van der Waals surface area contributed by atoms with E-state index in [-0.39, 0.29) is 17.9 Å². The second-order valence-electron chi connectivity index (χ2n) is 3.47. The monoisotopic (exact) mass is 157 g/mol. The zero-order valence-corrected chi connectivity index (χ0v) is 6.35. The van der Waals surface area contributed by atoms with Crippen molar-refractivity contribution in [3.05, 3.63) is 0 Å². The van der Waals surface area contributed by atoms with Crippen molar-refractivity contribution in [3.8, 4) is 0 Å². The van der Waals surface area contributed by atoms with Gasteiger partial charge in [-0.05, 0) is 12.8 Å². The summed E-state index contributed by atoms with van der Waals surface area (Å²) in [7, 11) is 0. The molecule has 1 aliphatic heterocycles. The lowest BCUT2D eigenvalue weighted by atomic mass is 9.85. The number of fused-ring (bicyclic) bond motifs is 1. The van der Waals surface area contributed by atoms with E-state index in [1.54, 1.807) is 0 Å². The summed E-state index contributed by atoms with van der Waals surface area (Å²) >= 11 is 0. The minimum absolute atomic E-state index is 0.0174. The average molecular weight is 157 g/mol. The third-order valence-corrected chi connectivity index (χ3v) is 2.77. The first kappa shape index (κ1) is 7.07. The first-order valence-electron chi connectivity index (χ1n) is 4.23. The molecular weight excluding hydrogens is 145 g/mol. The molecule has 2 aliphatic rings. The van der Waals surface area contributed by atoms with E-state index in [4.69, 9.17) is 0 Å². The van der Waals surface area contributed by atoms with Crippen LogP contribution in [0.1, 0.15) is 25.7 Å². The zero-order chi connectivity index (χ0) is 7.84. The van der Waals surface area contributed by atoms with Crippen molar-refractivity contribution in [2.75, 3.05) is 0 Å².